The molecule has 2 aromatic rings. The van der Waals surface area contributed by atoms with E-state index in [1.807, 2.05) is 39.8 Å². The van der Waals surface area contributed by atoms with E-state index in [2.05, 4.69) is 21.2 Å². The number of rotatable bonds is 2. The zero-order chi connectivity index (χ0) is 18.2. The van der Waals surface area contributed by atoms with Gasteiger partial charge < -0.3 is 10.4 Å². The van der Waals surface area contributed by atoms with Crippen LogP contribution < -0.4 is 5.32 Å². The van der Waals surface area contributed by atoms with Gasteiger partial charge in [-0.3, -0.25) is 4.79 Å². The van der Waals surface area contributed by atoms with Crippen LogP contribution in [0.5, 0.6) is 5.75 Å². The predicted molar refractivity (Wildman–Crippen MR) is 103 cm³/mol. The highest BCUT2D eigenvalue weighted by Gasteiger charge is 2.26. The molecule has 0 aliphatic rings. The van der Waals surface area contributed by atoms with Gasteiger partial charge in [0, 0.05) is 10.0 Å². The Bertz CT molecular complexity index is 810. The standard InChI is InChI=1S/C19H21BrClNO2/c1-10-6-7-15(14(21)8-10)22-18(24)16-11(2)13(20)9-12(17(16)23)19(3,4)5/h6-9,23H,1-5H3,(H,22,24). The number of phenols is 1. The van der Waals surface area contributed by atoms with Gasteiger partial charge in [-0.1, -0.05) is 54.4 Å². The van der Waals surface area contributed by atoms with Crippen LogP contribution in [-0.4, -0.2) is 11.0 Å². The first-order valence-corrected chi connectivity index (χ1v) is 8.79. The fourth-order valence-electron chi connectivity index (χ4n) is 2.49. The van der Waals surface area contributed by atoms with Gasteiger partial charge in [-0.15, -0.1) is 0 Å². The highest BCUT2D eigenvalue weighted by atomic mass is 79.9. The number of hydrogen-bond donors (Lipinski definition) is 2. The van der Waals surface area contributed by atoms with Gasteiger partial charge in [0.15, 0.2) is 0 Å². The largest absolute Gasteiger partial charge is 0.507 e. The maximum absolute atomic E-state index is 12.8. The van der Waals surface area contributed by atoms with Gasteiger partial charge in [-0.2, -0.15) is 0 Å². The minimum Gasteiger partial charge on any atom is -0.507 e. The molecule has 0 aliphatic carbocycles. The Balaban J connectivity index is 2.51. The Morgan fingerprint density at radius 1 is 1.21 bits per heavy atom. The molecule has 0 unspecified atom stereocenters. The molecule has 128 valence electrons. The number of carbonyl (C=O) groups excluding carboxylic acids is 1. The molecule has 0 spiro atoms. The molecule has 0 atom stereocenters. The van der Waals surface area contributed by atoms with Crippen LogP contribution in [0.15, 0.2) is 28.7 Å². The monoisotopic (exact) mass is 409 g/mol. The van der Waals surface area contributed by atoms with E-state index < -0.39 is 0 Å². The Morgan fingerprint density at radius 2 is 1.83 bits per heavy atom. The van der Waals surface area contributed by atoms with Gasteiger partial charge in [-0.05, 0) is 48.6 Å². The molecule has 0 radical (unpaired) electrons. The summed E-state index contributed by atoms with van der Waals surface area (Å²) < 4.78 is 0.783. The summed E-state index contributed by atoms with van der Waals surface area (Å²) in [5, 5.41) is 13.9. The van der Waals surface area contributed by atoms with Crippen molar-refractivity contribution in [1.29, 1.82) is 0 Å². The van der Waals surface area contributed by atoms with Gasteiger partial charge in [0.05, 0.1) is 16.3 Å². The van der Waals surface area contributed by atoms with E-state index in [9.17, 15) is 9.90 Å². The van der Waals surface area contributed by atoms with Crippen LogP contribution in [0.25, 0.3) is 0 Å². The highest BCUT2D eigenvalue weighted by molar-refractivity contribution is 9.10. The van der Waals surface area contributed by atoms with Crippen molar-refractivity contribution in [3.05, 3.63) is 56.0 Å². The molecule has 2 rings (SSSR count). The molecule has 2 N–H and O–H groups in total. The molecule has 0 fully saturated rings. The SMILES string of the molecule is Cc1ccc(NC(=O)c2c(C)c(Br)cc(C(C)(C)C)c2O)c(Cl)c1. The minimum absolute atomic E-state index is 0.00364. The number of halogens is 2. The van der Waals surface area contributed by atoms with Crippen LogP contribution in [0.2, 0.25) is 5.02 Å². The van der Waals surface area contributed by atoms with Gasteiger partial charge >= 0.3 is 0 Å². The molecular weight excluding hydrogens is 390 g/mol. The molecule has 24 heavy (non-hydrogen) atoms. The number of amides is 1. The molecule has 5 heteroatoms. The summed E-state index contributed by atoms with van der Waals surface area (Å²) in [4.78, 5) is 12.8. The number of nitrogens with one attached hydrogen (secondary N) is 1. The Morgan fingerprint density at radius 3 is 2.38 bits per heavy atom. The summed E-state index contributed by atoms with van der Waals surface area (Å²) in [6.45, 7) is 9.69. The lowest BCUT2D eigenvalue weighted by molar-refractivity contribution is 0.102. The molecular formula is C19H21BrClNO2. The van der Waals surface area contributed by atoms with Crippen molar-refractivity contribution >= 4 is 39.1 Å². The van der Waals surface area contributed by atoms with Crippen LogP contribution in [0.3, 0.4) is 0 Å². The third-order valence-electron chi connectivity index (χ3n) is 3.90. The third-order valence-corrected chi connectivity index (χ3v) is 5.04. The first kappa shape index (κ1) is 18.8. The molecule has 0 saturated carbocycles. The number of aryl methyl sites for hydroxylation is 1. The van der Waals surface area contributed by atoms with Gasteiger partial charge in [0.1, 0.15) is 5.75 Å². The fourth-order valence-corrected chi connectivity index (χ4v) is 3.20. The van der Waals surface area contributed by atoms with Crippen LogP contribution >= 0.6 is 27.5 Å². The smallest absolute Gasteiger partial charge is 0.259 e. The quantitative estimate of drug-likeness (QED) is 0.640. The first-order valence-electron chi connectivity index (χ1n) is 7.62. The lowest BCUT2D eigenvalue weighted by Crippen LogP contribution is -2.18. The fraction of sp³-hybridized carbons (Fsp3) is 0.316. The zero-order valence-corrected chi connectivity index (χ0v) is 16.8. The molecule has 0 saturated heterocycles. The van der Waals surface area contributed by atoms with E-state index in [0.29, 0.717) is 21.8 Å². The number of anilines is 1. The topological polar surface area (TPSA) is 49.3 Å². The van der Waals surface area contributed by atoms with Gasteiger partial charge in [0.25, 0.3) is 5.91 Å². The second-order valence-corrected chi connectivity index (χ2v) is 8.20. The normalized spacial score (nSPS) is 11.5. The van der Waals surface area contributed by atoms with E-state index in [4.69, 9.17) is 11.6 Å². The zero-order valence-electron chi connectivity index (χ0n) is 14.4. The van der Waals surface area contributed by atoms with Gasteiger partial charge in [0.2, 0.25) is 0 Å². The summed E-state index contributed by atoms with van der Waals surface area (Å²) in [5.41, 5.74) is 2.88. The first-order chi connectivity index (χ1) is 11.0. The van der Waals surface area contributed by atoms with E-state index in [1.54, 1.807) is 19.1 Å². The average Bonchev–Trinajstić information content (AvgIpc) is 2.45. The lowest BCUT2D eigenvalue weighted by Gasteiger charge is -2.24. The number of carbonyl (C=O) groups is 1. The number of benzene rings is 2. The Labute approximate surface area is 156 Å². The summed E-state index contributed by atoms with van der Waals surface area (Å²) in [5.74, 6) is -0.383. The maximum Gasteiger partial charge on any atom is 0.259 e. The van der Waals surface area contributed by atoms with Crippen molar-refractivity contribution in [2.45, 2.75) is 40.0 Å². The molecule has 0 heterocycles. The van der Waals surface area contributed by atoms with Gasteiger partial charge in [-0.25, -0.2) is 0 Å². The minimum atomic E-state index is -0.387. The summed E-state index contributed by atoms with van der Waals surface area (Å²) in [6, 6.07) is 7.27. The maximum atomic E-state index is 12.8. The van der Waals surface area contributed by atoms with Crippen LogP contribution in [0.4, 0.5) is 5.69 Å². The highest BCUT2D eigenvalue weighted by Crippen LogP contribution is 2.39. The third kappa shape index (κ3) is 3.76. The molecule has 3 nitrogen and oxygen atoms in total. The average molecular weight is 411 g/mol. The van der Waals surface area contributed by atoms with Crippen LogP contribution in [0, 0.1) is 13.8 Å². The van der Waals surface area contributed by atoms with E-state index >= 15 is 0 Å². The summed E-state index contributed by atoms with van der Waals surface area (Å²) in [7, 11) is 0. The molecule has 0 aliphatic heterocycles. The Kier molecular flexibility index (Phi) is 5.31. The lowest BCUT2D eigenvalue weighted by atomic mass is 9.84. The summed E-state index contributed by atoms with van der Waals surface area (Å²) >= 11 is 9.67. The Hall–Kier alpha value is -1.52. The van der Waals surface area contributed by atoms with E-state index in [0.717, 1.165) is 10.0 Å². The number of phenolic OH excluding ortho intramolecular Hbond substituents is 1. The second kappa shape index (κ2) is 6.77. The van der Waals surface area contributed by atoms with Crippen molar-refractivity contribution in [3.8, 4) is 5.75 Å². The van der Waals surface area contributed by atoms with Crippen molar-refractivity contribution in [2.75, 3.05) is 5.32 Å². The van der Waals surface area contributed by atoms with E-state index in [-0.39, 0.29) is 22.6 Å². The van der Waals surface area contributed by atoms with Crippen molar-refractivity contribution < 1.29 is 9.90 Å². The predicted octanol–water partition coefficient (Wildman–Crippen LogP) is 5.97. The molecule has 1 amide bonds. The number of aromatic hydroxyl groups is 1. The molecule has 0 bridgehead atoms. The molecule has 2 aromatic carbocycles. The number of hydrogen-bond acceptors (Lipinski definition) is 2. The molecule has 0 aromatic heterocycles. The van der Waals surface area contributed by atoms with E-state index in [1.165, 1.54) is 0 Å². The van der Waals surface area contributed by atoms with Crippen LogP contribution in [-0.2, 0) is 5.41 Å². The van der Waals surface area contributed by atoms with Crippen molar-refractivity contribution in [1.82, 2.24) is 0 Å². The van der Waals surface area contributed by atoms with Crippen molar-refractivity contribution in [2.24, 2.45) is 0 Å². The van der Waals surface area contributed by atoms with Crippen molar-refractivity contribution in [3.63, 3.8) is 0 Å². The second-order valence-electron chi connectivity index (χ2n) is 6.94. The summed E-state index contributed by atoms with van der Waals surface area (Å²) in [6.07, 6.45) is 0. The van der Waals surface area contributed by atoms with Crippen LogP contribution in [0.1, 0.15) is 47.8 Å².